The fourth-order valence-electron chi connectivity index (χ4n) is 4.42. The van der Waals surface area contributed by atoms with E-state index in [4.69, 9.17) is 19.2 Å². The molecule has 1 aromatic rings. The Morgan fingerprint density at radius 1 is 1.07 bits per heavy atom. The Morgan fingerprint density at radius 2 is 1.73 bits per heavy atom. The molecular formula is C22H37IN4O3. The molecule has 1 unspecified atom stereocenters. The third-order valence-corrected chi connectivity index (χ3v) is 5.89. The Hall–Kier alpha value is -1.42. The first-order valence-electron chi connectivity index (χ1n) is 10.8. The zero-order chi connectivity index (χ0) is 20.6. The summed E-state index contributed by atoms with van der Waals surface area (Å²) in [6.07, 6.45) is 6.67. The van der Waals surface area contributed by atoms with Crippen LogP contribution in [0.5, 0.6) is 17.2 Å². The van der Waals surface area contributed by atoms with Crippen molar-refractivity contribution in [3.8, 4) is 17.2 Å². The first-order valence-corrected chi connectivity index (χ1v) is 10.8. The molecular weight excluding hydrogens is 495 g/mol. The fraction of sp³-hybridized carbons (Fsp3) is 0.682. The van der Waals surface area contributed by atoms with Gasteiger partial charge in [-0.1, -0.05) is 12.8 Å². The molecule has 0 radical (unpaired) electrons. The maximum absolute atomic E-state index is 5.45. The van der Waals surface area contributed by atoms with Gasteiger partial charge in [-0.15, -0.1) is 24.0 Å². The molecule has 1 saturated heterocycles. The minimum absolute atomic E-state index is 0. The predicted octanol–water partition coefficient (Wildman–Crippen LogP) is 3.40. The average Bonchev–Trinajstić information content (AvgIpc) is 3.43. The molecule has 1 aliphatic heterocycles. The van der Waals surface area contributed by atoms with E-state index >= 15 is 0 Å². The molecule has 1 aliphatic carbocycles. The lowest BCUT2D eigenvalue weighted by atomic mass is 10.2. The van der Waals surface area contributed by atoms with Crippen molar-refractivity contribution >= 4 is 29.9 Å². The summed E-state index contributed by atoms with van der Waals surface area (Å²) in [5.74, 6) is 2.77. The van der Waals surface area contributed by atoms with Gasteiger partial charge in [-0.3, -0.25) is 4.90 Å². The fourth-order valence-corrected chi connectivity index (χ4v) is 4.42. The highest BCUT2D eigenvalue weighted by Crippen LogP contribution is 2.38. The highest BCUT2D eigenvalue weighted by atomic mass is 127. The van der Waals surface area contributed by atoms with Crippen LogP contribution in [0.25, 0.3) is 0 Å². The van der Waals surface area contributed by atoms with Gasteiger partial charge in [0, 0.05) is 31.7 Å². The van der Waals surface area contributed by atoms with Crippen LogP contribution < -0.4 is 24.8 Å². The lowest BCUT2D eigenvalue weighted by molar-refractivity contribution is 0.242. The second-order valence-electron chi connectivity index (χ2n) is 7.79. The SMILES string of the molecule is CCNC(=NCc1cc(OC)c(OC)c(OC)c1)NC1CCN(C2CCCC2)C1.I. The third-order valence-electron chi connectivity index (χ3n) is 5.89. The number of halogens is 1. The summed E-state index contributed by atoms with van der Waals surface area (Å²) in [6, 6.07) is 5.14. The Kier molecular flexibility index (Phi) is 10.3. The van der Waals surface area contributed by atoms with E-state index in [0.29, 0.717) is 29.8 Å². The topological polar surface area (TPSA) is 67.4 Å². The number of nitrogens with one attached hydrogen (secondary N) is 2. The van der Waals surface area contributed by atoms with Gasteiger partial charge in [-0.2, -0.15) is 0 Å². The number of aliphatic imine (C=N–C) groups is 1. The average molecular weight is 532 g/mol. The van der Waals surface area contributed by atoms with Gasteiger partial charge in [0.15, 0.2) is 17.5 Å². The van der Waals surface area contributed by atoms with Crippen LogP contribution in [0.1, 0.15) is 44.6 Å². The molecule has 2 aliphatic rings. The van der Waals surface area contributed by atoms with Crippen LogP contribution >= 0.6 is 24.0 Å². The minimum atomic E-state index is 0. The second-order valence-corrected chi connectivity index (χ2v) is 7.79. The number of rotatable bonds is 8. The molecule has 1 aromatic carbocycles. The van der Waals surface area contributed by atoms with E-state index < -0.39 is 0 Å². The maximum Gasteiger partial charge on any atom is 0.203 e. The van der Waals surface area contributed by atoms with E-state index in [1.165, 1.54) is 38.6 Å². The van der Waals surface area contributed by atoms with E-state index in [0.717, 1.165) is 30.7 Å². The molecule has 30 heavy (non-hydrogen) atoms. The van der Waals surface area contributed by atoms with Crippen LogP contribution in [0.3, 0.4) is 0 Å². The van der Waals surface area contributed by atoms with Gasteiger partial charge in [0.1, 0.15) is 0 Å². The largest absolute Gasteiger partial charge is 0.493 e. The summed E-state index contributed by atoms with van der Waals surface area (Å²) in [6.45, 7) is 5.76. The third kappa shape index (κ3) is 6.29. The van der Waals surface area contributed by atoms with Gasteiger partial charge in [0.05, 0.1) is 27.9 Å². The Morgan fingerprint density at radius 3 is 2.30 bits per heavy atom. The van der Waals surface area contributed by atoms with Crippen molar-refractivity contribution in [1.29, 1.82) is 0 Å². The molecule has 3 rings (SSSR count). The number of ether oxygens (including phenoxy) is 3. The van der Waals surface area contributed by atoms with E-state index in [2.05, 4.69) is 22.5 Å². The van der Waals surface area contributed by atoms with Crippen molar-refractivity contribution in [2.75, 3.05) is 41.0 Å². The van der Waals surface area contributed by atoms with Crippen LogP contribution in [0.2, 0.25) is 0 Å². The Balaban J connectivity index is 0.00000320. The lowest BCUT2D eigenvalue weighted by Crippen LogP contribution is -2.45. The molecule has 2 N–H and O–H groups in total. The molecule has 0 spiro atoms. The van der Waals surface area contributed by atoms with Gasteiger partial charge in [0.25, 0.3) is 0 Å². The van der Waals surface area contributed by atoms with Crippen LogP contribution in [0.4, 0.5) is 0 Å². The maximum atomic E-state index is 5.45. The molecule has 1 atom stereocenters. The zero-order valence-electron chi connectivity index (χ0n) is 18.7. The van der Waals surface area contributed by atoms with Gasteiger partial charge in [0.2, 0.25) is 5.75 Å². The summed E-state index contributed by atoms with van der Waals surface area (Å²) in [7, 11) is 4.88. The highest BCUT2D eigenvalue weighted by Gasteiger charge is 2.30. The smallest absolute Gasteiger partial charge is 0.203 e. The molecule has 1 heterocycles. The number of benzene rings is 1. The predicted molar refractivity (Wildman–Crippen MR) is 132 cm³/mol. The van der Waals surface area contributed by atoms with Crippen molar-refractivity contribution in [2.45, 2.75) is 57.7 Å². The van der Waals surface area contributed by atoms with Crippen LogP contribution in [0, 0.1) is 0 Å². The Labute approximate surface area is 197 Å². The second kappa shape index (κ2) is 12.4. The summed E-state index contributed by atoms with van der Waals surface area (Å²) in [5, 5.41) is 7.01. The van der Waals surface area contributed by atoms with Gasteiger partial charge in [-0.25, -0.2) is 4.99 Å². The molecule has 1 saturated carbocycles. The van der Waals surface area contributed by atoms with Crippen molar-refractivity contribution in [3.63, 3.8) is 0 Å². The summed E-state index contributed by atoms with van der Waals surface area (Å²) in [5.41, 5.74) is 1.01. The van der Waals surface area contributed by atoms with E-state index in [9.17, 15) is 0 Å². The lowest BCUT2D eigenvalue weighted by Gasteiger charge is -2.24. The van der Waals surface area contributed by atoms with E-state index in [1.807, 2.05) is 12.1 Å². The normalized spacial score (nSPS) is 20.0. The summed E-state index contributed by atoms with van der Waals surface area (Å²) in [4.78, 5) is 7.46. The van der Waals surface area contributed by atoms with Gasteiger partial charge >= 0.3 is 0 Å². The summed E-state index contributed by atoms with van der Waals surface area (Å²) < 4.78 is 16.3. The monoisotopic (exact) mass is 532 g/mol. The number of hydrogen-bond acceptors (Lipinski definition) is 5. The highest BCUT2D eigenvalue weighted by molar-refractivity contribution is 14.0. The van der Waals surface area contributed by atoms with Crippen molar-refractivity contribution in [1.82, 2.24) is 15.5 Å². The molecule has 0 bridgehead atoms. The van der Waals surface area contributed by atoms with Gasteiger partial charge in [-0.05, 0) is 43.9 Å². The number of hydrogen-bond donors (Lipinski definition) is 2. The first-order chi connectivity index (χ1) is 14.2. The molecule has 2 fully saturated rings. The number of methoxy groups -OCH3 is 3. The van der Waals surface area contributed by atoms with Crippen LogP contribution in [0.15, 0.2) is 17.1 Å². The van der Waals surface area contributed by atoms with Crippen LogP contribution in [-0.4, -0.2) is 63.9 Å². The van der Waals surface area contributed by atoms with E-state index in [-0.39, 0.29) is 24.0 Å². The number of likely N-dealkylation sites (tertiary alicyclic amines) is 1. The molecule has 7 nitrogen and oxygen atoms in total. The van der Waals surface area contributed by atoms with E-state index in [1.54, 1.807) is 21.3 Å². The zero-order valence-corrected chi connectivity index (χ0v) is 21.0. The Bertz CT molecular complexity index is 670. The molecule has 0 aromatic heterocycles. The quantitative estimate of drug-likeness (QED) is 0.304. The minimum Gasteiger partial charge on any atom is -0.493 e. The van der Waals surface area contributed by atoms with Crippen molar-refractivity contribution < 1.29 is 14.2 Å². The van der Waals surface area contributed by atoms with Gasteiger partial charge < -0.3 is 24.8 Å². The standard InChI is InChI=1S/C22H36N4O3.HI/c1-5-23-22(25-17-10-11-26(15-17)18-8-6-7-9-18)24-14-16-12-19(27-2)21(29-4)20(13-16)28-3;/h12-13,17-18H,5-11,14-15H2,1-4H3,(H2,23,24,25);1H. The molecule has 0 amide bonds. The summed E-state index contributed by atoms with van der Waals surface area (Å²) >= 11 is 0. The number of guanidine groups is 1. The number of nitrogens with zero attached hydrogens (tertiary/aromatic N) is 2. The molecule has 8 heteroatoms. The van der Waals surface area contributed by atoms with Crippen molar-refractivity contribution in [2.24, 2.45) is 4.99 Å². The molecule has 170 valence electrons. The first kappa shape index (κ1) is 24.8. The van der Waals surface area contributed by atoms with Crippen molar-refractivity contribution in [3.05, 3.63) is 17.7 Å². The van der Waals surface area contributed by atoms with Crippen LogP contribution in [-0.2, 0) is 6.54 Å².